The molecule has 0 radical (unpaired) electrons. The van der Waals surface area contributed by atoms with Crippen LogP contribution in [0.1, 0.15) is 19.2 Å². The molecule has 10 heteroatoms. The lowest BCUT2D eigenvalue weighted by atomic mass is 10.1. The molecular formula is C23H18ClFN4O3S. The number of oxazole rings is 1. The number of aryl methyl sites for hydroxylation is 1. The van der Waals surface area contributed by atoms with Crippen LogP contribution in [-0.4, -0.2) is 21.8 Å². The number of rotatable bonds is 7. The smallest absolute Gasteiger partial charge is 0.226 e. The molecule has 2 aromatic carbocycles. The second kappa shape index (κ2) is 9.93. The highest BCUT2D eigenvalue weighted by atomic mass is 35.5. The first kappa shape index (κ1) is 22.6. The summed E-state index contributed by atoms with van der Waals surface area (Å²) in [6, 6.07) is 11.5. The molecule has 0 aliphatic rings. The maximum absolute atomic E-state index is 14.4. The minimum atomic E-state index is -0.523. The Kier molecular flexibility index (Phi) is 6.81. The molecule has 2 aromatic heterocycles. The van der Waals surface area contributed by atoms with E-state index in [0.717, 1.165) is 5.56 Å². The molecule has 0 fully saturated rings. The quantitative estimate of drug-likeness (QED) is 0.346. The summed E-state index contributed by atoms with van der Waals surface area (Å²) in [5.74, 6) is -0.0327. The van der Waals surface area contributed by atoms with Crippen molar-refractivity contribution >= 4 is 45.6 Å². The van der Waals surface area contributed by atoms with Crippen LogP contribution in [-0.2, 0) is 16.0 Å². The monoisotopic (exact) mass is 484 g/mol. The van der Waals surface area contributed by atoms with E-state index < -0.39 is 5.82 Å². The van der Waals surface area contributed by atoms with Crippen LogP contribution in [0.2, 0.25) is 5.02 Å². The van der Waals surface area contributed by atoms with Crippen LogP contribution in [0.5, 0.6) is 0 Å². The Morgan fingerprint density at radius 1 is 1.15 bits per heavy atom. The first-order valence-electron chi connectivity index (χ1n) is 9.91. The van der Waals surface area contributed by atoms with Gasteiger partial charge in [-0.25, -0.2) is 14.4 Å². The molecule has 0 unspecified atom stereocenters. The lowest BCUT2D eigenvalue weighted by Crippen LogP contribution is -2.12. The molecule has 33 heavy (non-hydrogen) atoms. The molecule has 0 aliphatic carbocycles. The van der Waals surface area contributed by atoms with Crippen molar-refractivity contribution in [3.8, 4) is 22.6 Å². The van der Waals surface area contributed by atoms with Gasteiger partial charge in [0.2, 0.25) is 11.8 Å². The Labute approximate surface area is 197 Å². The van der Waals surface area contributed by atoms with Gasteiger partial charge in [-0.15, -0.1) is 11.3 Å². The summed E-state index contributed by atoms with van der Waals surface area (Å²) in [5.41, 5.74) is 1.87. The van der Waals surface area contributed by atoms with Crippen LogP contribution in [0.3, 0.4) is 0 Å². The third-order valence-corrected chi connectivity index (χ3v) is 5.57. The first-order valence-corrected chi connectivity index (χ1v) is 11.2. The first-order chi connectivity index (χ1) is 15.9. The molecule has 168 valence electrons. The zero-order chi connectivity index (χ0) is 23.4. The van der Waals surface area contributed by atoms with Crippen molar-refractivity contribution in [1.29, 1.82) is 0 Å². The molecule has 0 aliphatic heterocycles. The normalized spacial score (nSPS) is 10.8. The van der Waals surface area contributed by atoms with Gasteiger partial charge in [0.25, 0.3) is 0 Å². The number of aromatic nitrogens is 2. The van der Waals surface area contributed by atoms with Gasteiger partial charge in [0.05, 0.1) is 11.9 Å². The molecule has 0 saturated carbocycles. The van der Waals surface area contributed by atoms with Gasteiger partial charge in [0.15, 0.2) is 16.8 Å². The van der Waals surface area contributed by atoms with E-state index in [9.17, 15) is 14.0 Å². The number of nitrogens with one attached hydrogen (secondary N) is 2. The predicted molar refractivity (Wildman–Crippen MR) is 126 cm³/mol. The van der Waals surface area contributed by atoms with Crippen molar-refractivity contribution in [3.63, 3.8) is 0 Å². The predicted octanol–water partition coefficient (Wildman–Crippen LogP) is 5.79. The van der Waals surface area contributed by atoms with Gasteiger partial charge in [0, 0.05) is 47.0 Å². The van der Waals surface area contributed by atoms with E-state index >= 15 is 0 Å². The van der Waals surface area contributed by atoms with E-state index in [-0.39, 0.29) is 23.8 Å². The summed E-state index contributed by atoms with van der Waals surface area (Å²) in [6.07, 6.45) is 2.07. The molecule has 2 heterocycles. The SMILES string of the molecule is CC(=O)Nc1ccc(-c2csc(NC(=O)CCc3ncc(-c4ccc(Cl)cc4)o3)n2)c(F)c1. The Morgan fingerprint density at radius 2 is 1.94 bits per heavy atom. The van der Waals surface area contributed by atoms with Gasteiger partial charge in [-0.05, 0) is 42.5 Å². The van der Waals surface area contributed by atoms with Crippen molar-refractivity contribution in [2.75, 3.05) is 10.6 Å². The highest BCUT2D eigenvalue weighted by molar-refractivity contribution is 7.14. The number of carbonyl (C=O) groups excluding carboxylic acids is 2. The lowest BCUT2D eigenvalue weighted by Gasteiger charge is -2.05. The van der Waals surface area contributed by atoms with Gasteiger partial charge >= 0.3 is 0 Å². The van der Waals surface area contributed by atoms with Crippen LogP contribution in [0.15, 0.2) is 58.5 Å². The molecule has 2 amide bonds. The Hall–Kier alpha value is -3.56. The van der Waals surface area contributed by atoms with E-state index in [2.05, 4.69) is 20.6 Å². The number of thiazole rings is 1. The van der Waals surface area contributed by atoms with Gasteiger partial charge in [-0.3, -0.25) is 9.59 Å². The van der Waals surface area contributed by atoms with E-state index in [1.807, 2.05) is 12.1 Å². The topological polar surface area (TPSA) is 97.1 Å². The molecule has 7 nitrogen and oxygen atoms in total. The fourth-order valence-corrected chi connectivity index (χ4v) is 3.89. The maximum atomic E-state index is 14.4. The van der Waals surface area contributed by atoms with Crippen molar-refractivity contribution in [2.24, 2.45) is 0 Å². The summed E-state index contributed by atoms with van der Waals surface area (Å²) in [5, 5.41) is 7.87. The maximum Gasteiger partial charge on any atom is 0.226 e. The second-order valence-corrected chi connectivity index (χ2v) is 8.38. The van der Waals surface area contributed by atoms with Crippen LogP contribution in [0.4, 0.5) is 15.2 Å². The van der Waals surface area contributed by atoms with E-state index in [1.54, 1.807) is 29.8 Å². The summed E-state index contributed by atoms with van der Waals surface area (Å²) >= 11 is 7.09. The number of nitrogens with zero attached hydrogens (tertiary/aromatic N) is 2. The fraction of sp³-hybridized carbons (Fsp3) is 0.130. The number of benzene rings is 2. The molecule has 0 bridgehead atoms. The van der Waals surface area contributed by atoms with E-state index in [4.69, 9.17) is 16.0 Å². The van der Waals surface area contributed by atoms with Crippen LogP contribution >= 0.6 is 22.9 Å². The van der Waals surface area contributed by atoms with Crippen molar-refractivity contribution < 1.29 is 18.4 Å². The number of hydrogen-bond donors (Lipinski definition) is 2. The molecule has 4 rings (SSSR count). The molecule has 0 spiro atoms. The van der Waals surface area contributed by atoms with Crippen LogP contribution in [0.25, 0.3) is 22.6 Å². The summed E-state index contributed by atoms with van der Waals surface area (Å²) in [7, 11) is 0. The summed E-state index contributed by atoms with van der Waals surface area (Å²) in [4.78, 5) is 31.9. The highest BCUT2D eigenvalue weighted by Gasteiger charge is 2.14. The Morgan fingerprint density at radius 3 is 2.67 bits per heavy atom. The average Bonchev–Trinajstić information content (AvgIpc) is 3.42. The average molecular weight is 485 g/mol. The number of hydrogen-bond acceptors (Lipinski definition) is 6. The number of halogens is 2. The van der Waals surface area contributed by atoms with Crippen molar-refractivity contribution in [2.45, 2.75) is 19.8 Å². The zero-order valence-corrected chi connectivity index (χ0v) is 19.0. The summed E-state index contributed by atoms with van der Waals surface area (Å²) < 4.78 is 20.1. The fourth-order valence-electron chi connectivity index (χ4n) is 3.03. The van der Waals surface area contributed by atoms with Crippen molar-refractivity contribution in [3.05, 3.63) is 70.8 Å². The molecule has 0 atom stereocenters. The highest BCUT2D eigenvalue weighted by Crippen LogP contribution is 2.29. The lowest BCUT2D eigenvalue weighted by molar-refractivity contribution is -0.116. The number of carbonyl (C=O) groups is 2. The van der Waals surface area contributed by atoms with E-state index in [1.165, 1.54) is 30.4 Å². The minimum Gasteiger partial charge on any atom is -0.441 e. The molecule has 0 saturated heterocycles. The second-order valence-electron chi connectivity index (χ2n) is 7.09. The molecular weight excluding hydrogens is 467 g/mol. The minimum absolute atomic E-state index is 0.148. The van der Waals surface area contributed by atoms with Gasteiger partial charge in [-0.1, -0.05) is 11.6 Å². The van der Waals surface area contributed by atoms with Crippen LogP contribution in [0, 0.1) is 5.82 Å². The zero-order valence-electron chi connectivity index (χ0n) is 17.4. The number of amides is 2. The van der Waals surface area contributed by atoms with Gasteiger partial charge < -0.3 is 15.1 Å². The largest absolute Gasteiger partial charge is 0.441 e. The molecule has 2 N–H and O–H groups in total. The van der Waals surface area contributed by atoms with Gasteiger partial charge in [-0.2, -0.15) is 0 Å². The van der Waals surface area contributed by atoms with Crippen molar-refractivity contribution in [1.82, 2.24) is 9.97 Å². The standard InChI is InChI=1S/C23H18ClFN4O3S/c1-13(30)27-16-6-7-17(18(25)10-16)19-12-33-23(28-19)29-21(31)8-9-22-26-11-20(32-22)14-2-4-15(24)5-3-14/h2-7,10-12H,8-9H2,1H3,(H,27,30)(H,28,29,31). The third-order valence-electron chi connectivity index (χ3n) is 4.56. The Balaban J connectivity index is 1.34. The summed E-state index contributed by atoms with van der Waals surface area (Å²) in [6.45, 7) is 1.35. The number of anilines is 2. The Bertz CT molecular complexity index is 1300. The molecule has 4 aromatic rings. The van der Waals surface area contributed by atoms with Gasteiger partial charge in [0.1, 0.15) is 5.82 Å². The van der Waals surface area contributed by atoms with Crippen LogP contribution < -0.4 is 10.6 Å². The third kappa shape index (κ3) is 5.82. The van der Waals surface area contributed by atoms with E-state index in [0.29, 0.717) is 39.6 Å².